The van der Waals surface area contributed by atoms with Gasteiger partial charge in [0.2, 0.25) is 0 Å². The molecule has 2 heterocycles. The molecule has 7 heteroatoms. The molecule has 4 aromatic rings. The molecule has 1 atom stereocenters. The molecule has 2 aromatic carbocycles. The summed E-state index contributed by atoms with van der Waals surface area (Å²) in [6.07, 6.45) is 4.85. The summed E-state index contributed by atoms with van der Waals surface area (Å²) in [6.45, 7) is 1.86. The summed E-state index contributed by atoms with van der Waals surface area (Å²) >= 11 is 0. The number of hydrogen-bond donors (Lipinski definition) is 1. The van der Waals surface area contributed by atoms with E-state index >= 15 is 0 Å². The fourth-order valence-corrected chi connectivity index (χ4v) is 2.93. The highest BCUT2D eigenvalue weighted by atomic mass is 19.1. The molecule has 0 amide bonds. The molecular formula is C20H15FN6. The summed E-state index contributed by atoms with van der Waals surface area (Å²) in [5.74, 6) is 0.835. The van der Waals surface area contributed by atoms with Gasteiger partial charge in [-0.1, -0.05) is 18.2 Å². The van der Waals surface area contributed by atoms with E-state index < -0.39 is 0 Å². The Labute approximate surface area is 155 Å². The van der Waals surface area contributed by atoms with E-state index in [0.717, 1.165) is 5.52 Å². The molecule has 0 radical (unpaired) electrons. The van der Waals surface area contributed by atoms with Gasteiger partial charge in [-0.2, -0.15) is 5.26 Å². The molecule has 27 heavy (non-hydrogen) atoms. The number of aromatic nitrogens is 4. The highest BCUT2D eigenvalue weighted by molar-refractivity contribution is 5.78. The Bertz CT molecular complexity index is 1160. The third kappa shape index (κ3) is 3.20. The molecule has 132 valence electrons. The Morgan fingerprint density at radius 1 is 1.19 bits per heavy atom. The van der Waals surface area contributed by atoms with Crippen LogP contribution in [0.2, 0.25) is 0 Å². The number of rotatable bonds is 4. The van der Waals surface area contributed by atoms with Crippen molar-refractivity contribution in [3.63, 3.8) is 0 Å². The molecular weight excluding hydrogens is 343 g/mol. The van der Waals surface area contributed by atoms with E-state index in [9.17, 15) is 4.39 Å². The minimum absolute atomic E-state index is 0.268. The number of halogens is 1. The molecule has 0 saturated carbocycles. The zero-order chi connectivity index (χ0) is 18.8. The monoisotopic (exact) mass is 358 g/mol. The first-order valence-corrected chi connectivity index (χ1v) is 8.36. The molecule has 0 aliphatic heterocycles. The van der Waals surface area contributed by atoms with Crippen LogP contribution in [0.1, 0.15) is 24.1 Å². The van der Waals surface area contributed by atoms with Crippen LogP contribution < -0.4 is 5.32 Å². The molecule has 0 saturated heterocycles. The molecule has 2 aromatic heterocycles. The van der Waals surface area contributed by atoms with E-state index in [0.29, 0.717) is 28.3 Å². The van der Waals surface area contributed by atoms with Gasteiger partial charge in [0.1, 0.15) is 18.0 Å². The Balaban J connectivity index is 1.65. The molecule has 6 nitrogen and oxygen atoms in total. The summed E-state index contributed by atoms with van der Waals surface area (Å²) in [5.41, 5.74) is 2.63. The molecule has 0 bridgehead atoms. The van der Waals surface area contributed by atoms with Crippen LogP contribution in [0.5, 0.6) is 0 Å². The lowest BCUT2D eigenvalue weighted by Crippen LogP contribution is -2.11. The summed E-state index contributed by atoms with van der Waals surface area (Å²) < 4.78 is 15.8. The van der Waals surface area contributed by atoms with Gasteiger partial charge in [-0.05, 0) is 31.2 Å². The number of anilines is 1. The van der Waals surface area contributed by atoms with Crippen LogP contribution in [-0.4, -0.2) is 19.5 Å². The first-order valence-electron chi connectivity index (χ1n) is 8.36. The first-order chi connectivity index (χ1) is 13.2. The summed E-state index contributed by atoms with van der Waals surface area (Å²) in [5, 5.41) is 12.2. The third-order valence-electron chi connectivity index (χ3n) is 4.28. The normalized spacial score (nSPS) is 11.9. The largest absolute Gasteiger partial charge is 0.362 e. The summed E-state index contributed by atoms with van der Waals surface area (Å²) in [6, 6.07) is 13.7. The Hall–Kier alpha value is -3.79. The zero-order valence-corrected chi connectivity index (χ0v) is 14.5. The van der Waals surface area contributed by atoms with Gasteiger partial charge in [0.15, 0.2) is 5.82 Å². The van der Waals surface area contributed by atoms with Gasteiger partial charge in [0, 0.05) is 5.56 Å². The van der Waals surface area contributed by atoms with Gasteiger partial charge >= 0.3 is 0 Å². The predicted octanol–water partition coefficient (Wildman–Crippen LogP) is 4.00. The smallest absolute Gasteiger partial charge is 0.159 e. The van der Waals surface area contributed by atoms with E-state index in [1.54, 1.807) is 53.6 Å². The van der Waals surface area contributed by atoms with Crippen molar-refractivity contribution in [2.45, 2.75) is 13.0 Å². The van der Waals surface area contributed by atoms with Crippen molar-refractivity contribution < 1.29 is 4.39 Å². The van der Waals surface area contributed by atoms with Crippen LogP contribution in [-0.2, 0) is 0 Å². The van der Waals surface area contributed by atoms with Gasteiger partial charge in [0.05, 0.1) is 41.1 Å². The zero-order valence-electron chi connectivity index (χ0n) is 14.5. The standard InChI is InChI=1S/C20H15FN6/c1-13(15-4-2-3-5-16(15)21)25-19-10-23-11-20(26-19)27-12-24-17-8-14(9-22)6-7-18(17)27/h2-8,10-13H,1H3,(H,25,26). The summed E-state index contributed by atoms with van der Waals surface area (Å²) in [4.78, 5) is 13.1. The van der Waals surface area contributed by atoms with Crippen molar-refractivity contribution in [3.8, 4) is 11.9 Å². The van der Waals surface area contributed by atoms with Crippen molar-refractivity contribution in [2.75, 3.05) is 5.32 Å². The number of nitrogens with zero attached hydrogens (tertiary/aromatic N) is 5. The number of hydrogen-bond acceptors (Lipinski definition) is 5. The predicted molar refractivity (Wildman–Crippen MR) is 99.8 cm³/mol. The van der Waals surface area contributed by atoms with E-state index in [1.807, 2.05) is 13.0 Å². The number of imidazole rings is 1. The van der Waals surface area contributed by atoms with Crippen LogP contribution >= 0.6 is 0 Å². The van der Waals surface area contributed by atoms with E-state index in [-0.39, 0.29) is 11.9 Å². The maximum Gasteiger partial charge on any atom is 0.159 e. The molecule has 1 unspecified atom stereocenters. The lowest BCUT2D eigenvalue weighted by atomic mass is 10.1. The van der Waals surface area contributed by atoms with Crippen LogP contribution in [0.25, 0.3) is 16.9 Å². The maximum atomic E-state index is 14.0. The quantitative estimate of drug-likeness (QED) is 0.596. The van der Waals surface area contributed by atoms with Crippen molar-refractivity contribution in [3.05, 3.63) is 78.1 Å². The lowest BCUT2D eigenvalue weighted by Gasteiger charge is -2.16. The van der Waals surface area contributed by atoms with Crippen molar-refractivity contribution in [1.82, 2.24) is 19.5 Å². The minimum Gasteiger partial charge on any atom is -0.362 e. The SMILES string of the molecule is CC(Nc1cncc(-n2cnc3cc(C#N)ccc32)n1)c1ccccc1F. The third-order valence-corrected chi connectivity index (χ3v) is 4.28. The second-order valence-corrected chi connectivity index (χ2v) is 6.08. The minimum atomic E-state index is -0.270. The van der Waals surface area contributed by atoms with Crippen molar-refractivity contribution >= 4 is 16.9 Å². The average molecular weight is 358 g/mol. The second kappa shape index (κ2) is 6.84. The van der Waals surface area contributed by atoms with Crippen LogP contribution in [0.3, 0.4) is 0 Å². The topological polar surface area (TPSA) is 79.4 Å². The van der Waals surface area contributed by atoms with Crippen LogP contribution in [0.4, 0.5) is 10.2 Å². The van der Waals surface area contributed by atoms with Gasteiger partial charge in [-0.3, -0.25) is 9.55 Å². The number of nitriles is 1. The van der Waals surface area contributed by atoms with E-state index in [1.165, 1.54) is 6.07 Å². The maximum absolute atomic E-state index is 14.0. The van der Waals surface area contributed by atoms with Gasteiger partial charge < -0.3 is 5.32 Å². The Morgan fingerprint density at radius 3 is 2.85 bits per heavy atom. The van der Waals surface area contributed by atoms with Gasteiger partial charge in [-0.15, -0.1) is 0 Å². The molecule has 0 aliphatic rings. The Kier molecular flexibility index (Phi) is 4.22. The Morgan fingerprint density at radius 2 is 2.04 bits per heavy atom. The first kappa shape index (κ1) is 16.7. The number of fused-ring (bicyclic) bond motifs is 1. The molecule has 0 aliphatic carbocycles. The highest BCUT2D eigenvalue weighted by Gasteiger charge is 2.12. The van der Waals surface area contributed by atoms with Crippen molar-refractivity contribution in [2.24, 2.45) is 0 Å². The molecule has 0 spiro atoms. The molecule has 0 fully saturated rings. The second-order valence-electron chi connectivity index (χ2n) is 6.08. The van der Waals surface area contributed by atoms with Crippen molar-refractivity contribution in [1.29, 1.82) is 5.26 Å². The number of nitrogens with one attached hydrogen (secondary N) is 1. The van der Waals surface area contributed by atoms with E-state index in [4.69, 9.17) is 5.26 Å². The highest BCUT2D eigenvalue weighted by Crippen LogP contribution is 2.22. The fourth-order valence-electron chi connectivity index (χ4n) is 2.93. The summed E-state index contributed by atoms with van der Waals surface area (Å²) in [7, 11) is 0. The average Bonchev–Trinajstić information content (AvgIpc) is 3.11. The number of benzene rings is 2. The fraction of sp³-hybridized carbons (Fsp3) is 0.100. The van der Waals surface area contributed by atoms with E-state index in [2.05, 4.69) is 26.3 Å². The van der Waals surface area contributed by atoms with Gasteiger partial charge in [-0.25, -0.2) is 14.4 Å². The van der Waals surface area contributed by atoms with Crippen LogP contribution in [0.15, 0.2) is 61.2 Å². The molecule has 4 rings (SSSR count). The van der Waals surface area contributed by atoms with Gasteiger partial charge in [0.25, 0.3) is 0 Å². The lowest BCUT2D eigenvalue weighted by molar-refractivity contribution is 0.600. The molecule has 1 N–H and O–H groups in total. The van der Waals surface area contributed by atoms with Crippen LogP contribution in [0, 0.1) is 17.1 Å².